The highest BCUT2D eigenvalue weighted by molar-refractivity contribution is 5.87. The third-order valence-electron chi connectivity index (χ3n) is 3.77. The second-order valence-corrected chi connectivity index (χ2v) is 5.30. The fourth-order valence-corrected chi connectivity index (χ4v) is 2.50. The Balaban J connectivity index is 2.38. The van der Waals surface area contributed by atoms with Crippen LogP contribution in [0.3, 0.4) is 0 Å². The first-order chi connectivity index (χ1) is 9.42. The number of hydrogen-bond donors (Lipinski definition) is 4. The molecule has 7 heteroatoms. The summed E-state index contributed by atoms with van der Waals surface area (Å²) in [4.78, 5) is 33.4. The maximum atomic E-state index is 11.7. The minimum Gasteiger partial charge on any atom is -0.480 e. The molecule has 114 valence electrons. The molecule has 0 aliphatic heterocycles. The van der Waals surface area contributed by atoms with Gasteiger partial charge < -0.3 is 21.5 Å². The van der Waals surface area contributed by atoms with Crippen molar-refractivity contribution in [2.75, 3.05) is 0 Å². The van der Waals surface area contributed by atoms with E-state index >= 15 is 0 Å². The molecule has 20 heavy (non-hydrogen) atoms. The predicted octanol–water partition coefficient (Wildman–Crippen LogP) is 0.583. The smallest absolute Gasteiger partial charge is 0.326 e. The van der Waals surface area contributed by atoms with Crippen LogP contribution in [0.4, 0.5) is 4.79 Å². The Labute approximate surface area is 118 Å². The van der Waals surface area contributed by atoms with Crippen molar-refractivity contribution >= 4 is 17.9 Å². The van der Waals surface area contributed by atoms with Crippen LogP contribution in [0.5, 0.6) is 0 Å². The van der Waals surface area contributed by atoms with Crippen molar-refractivity contribution in [3.05, 3.63) is 0 Å². The number of carboxylic acid groups (broad SMARTS) is 1. The van der Waals surface area contributed by atoms with Crippen LogP contribution < -0.4 is 16.4 Å². The predicted molar refractivity (Wildman–Crippen MR) is 72.9 cm³/mol. The molecule has 1 saturated carbocycles. The number of nitrogens with two attached hydrogens (primary N) is 1. The molecule has 1 aliphatic rings. The molecular formula is C13H23N3O4. The zero-order chi connectivity index (χ0) is 15.1. The van der Waals surface area contributed by atoms with E-state index in [9.17, 15) is 14.4 Å². The summed E-state index contributed by atoms with van der Waals surface area (Å²) < 4.78 is 0. The topological polar surface area (TPSA) is 122 Å². The summed E-state index contributed by atoms with van der Waals surface area (Å²) in [5, 5.41) is 13.9. The van der Waals surface area contributed by atoms with E-state index in [0.29, 0.717) is 0 Å². The summed E-state index contributed by atoms with van der Waals surface area (Å²) in [7, 11) is 0. The van der Waals surface area contributed by atoms with Crippen LogP contribution in [0.1, 0.15) is 45.4 Å². The molecule has 5 N–H and O–H groups in total. The van der Waals surface area contributed by atoms with Crippen LogP contribution in [0.25, 0.3) is 0 Å². The summed E-state index contributed by atoms with van der Waals surface area (Å²) >= 11 is 0. The van der Waals surface area contributed by atoms with E-state index in [1.54, 1.807) is 0 Å². The van der Waals surface area contributed by atoms with Gasteiger partial charge in [0.15, 0.2) is 0 Å². The van der Waals surface area contributed by atoms with Gasteiger partial charge in [-0.05, 0) is 31.6 Å². The van der Waals surface area contributed by atoms with Crippen molar-refractivity contribution < 1.29 is 19.5 Å². The van der Waals surface area contributed by atoms with Gasteiger partial charge in [-0.15, -0.1) is 0 Å². The Morgan fingerprint density at radius 2 is 1.85 bits per heavy atom. The average Bonchev–Trinajstić information content (AvgIpc) is 2.38. The van der Waals surface area contributed by atoms with Crippen molar-refractivity contribution in [1.29, 1.82) is 0 Å². The molecule has 1 rings (SSSR count). The highest BCUT2D eigenvalue weighted by atomic mass is 16.4. The number of primary amides is 1. The Kier molecular flexibility index (Phi) is 6.27. The molecule has 0 aromatic carbocycles. The second kappa shape index (κ2) is 7.72. The van der Waals surface area contributed by atoms with Gasteiger partial charge in [0.25, 0.3) is 0 Å². The lowest BCUT2D eigenvalue weighted by molar-refractivity contribution is -0.140. The fraction of sp³-hybridized carbons (Fsp3) is 0.769. The monoisotopic (exact) mass is 285 g/mol. The molecule has 0 unspecified atom stereocenters. The van der Waals surface area contributed by atoms with Crippen molar-refractivity contribution in [3.8, 4) is 0 Å². The molecule has 0 spiro atoms. The summed E-state index contributed by atoms with van der Waals surface area (Å²) in [6.07, 6.45) is 4.69. The third-order valence-corrected chi connectivity index (χ3v) is 3.77. The molecule has 0 saturated heterocycles. The maximum Gasteiger partial charge on any atom is 0.326 e. The van der Waals surface area contributed by atoms with Crippen molar-refractivity contribution in [3.63, 3.8) is 0 Å². The van der Waals surface area contributed by atoms with Crippen LogP contribution in [0.2, 0.25) is 0 Å². The number of urea groups is 1. The maximum absolute atomic E-state index is 11.7. The zero-order valence-electron chi connectivity index (χ0n) is 11.7. The molecule has 3 amide bonds. The van der Waals surface area contributed by atoms with Gasteiger partial charge in [0.1, 0.15) is 6.04 Å². The Morgan fingerprint density at radius 3 is 2.30 bits per heavy atom. The van der Waals surface area contributed by atoms with Crippen molar-refractivity contribution in [2.45, 2.75) is 57.5 Å². The van der Waals surface area contributed by atoms with Gasteiger partial charge in [-0.3, -0.25) is 4.79 Å². The Morgan fingerprint density at radius 1 is 1.25 bits per heavy atom. The molecule has 1 atom stereocenters. The molecule has 1 fully saturated rings. The number of carbonyl (C=O) groups is 3. The minimum atomic E-state index is -1.28. The van der Waals surface area contributed by atoms with Gasteiger partial charge in [0, 0.05) is 6.04 Å². The summed E-state index contributed by atoms with van der Waals surface area (Å²) in [5.41, 5.74) is 4.95. The largest absolute Gasteiger partial charge is 0.480 e. The van der Waals surface area contributed by atoms with Crippen LogP contribution in [-0.2, 0) is 9.59 Å². The standard InChI is InChI=1S/C13H23N3O4/c1-2-8-3-5-9(6-4-8)15-13(20)16-10(12(18)19)7-11(14)17/h8-10H,2-7H2,1H3,(H2,14,17)(H,18,19)(H2,15,16,20)/t8?,9?,10-/m0/s1. The summed E-state index contributed by atoms with van der Waals surface area (Å²) in [6, 6.07) is -1.76. The van der Waals surface area contributed by atoms with E-state index < -0.39 is 30.4 Å². The lowest BCUT2D eigenvalue weighted by Crippen LogP contribution is -2.50. The number of amides is 3. The highest BCUT2D eigenvalue weighted by Gasteiger charge is 2.25. The first-order valence-electron chi connectivity index (χ1n) is 7.00. The van der Waals surface area contributed by atoms with E-state index in [2.05, 4.69) is 17.6 Å². The first-order valence-corrected chi connectivity index (χ1v) is 7.00. The lowest BCUT2D eigenvalue weighted by Gasteiger charge is -2.28. The zero-order valence-corrected chi connectivity index (χ0v) is 11.7. The first kappa shape index (κ1) is 16.3. The summed E-state index contributed by atoms with van der Waals surface area (Å²) in [5.74, 6) is -1.31. The third kappa shape index (κ3) is 5.46. The van der Waals surface area contributed by atoms with E-state index in [0.717, 1.165) is 38.0 Å². The Hall–Kier alpha value is -1.79. The van der Waals surface area contributed by atoms with Gasteiger partial charge in [0.2, 0.25) is 5.91 Å². The van der Waals surface area contributed by atoms with E-state index in [-0.39, 0.29) is 6.04 Å². The van der Waals surface area contributed by atoms with Gasteiger partial charge in [-0.2, -0.15) is 0 Å². The number of carboxylic acids is 1. The van der Waals surface area contributed by atoms with Gasteiger partial charge >= 0.3 is 12.0 Å². The molecule has 0 aromatic heterocycles. The molecule has 0 bridgehead atoms. The van der Waals surface area contributed by atoms with Crippen LogP contribution in [0, 0.1) is 5.92 Å². The normalized spacial score (nSPS) is 23.6. The molecule has 0 aromatic rings. The summed E-state index contributed by atoms with van der Waals surface area (Å²) in [6.45, 7) is 2.16. The van der Waals surface area contributed by atoms with E-state index in [1.165, 1.54) is 0 Å². The van der Waals surface area contributed by atoms with Crippen LogP contribution >= 0.6 is 0 Å². The minimum absolute atomic E-state index is 0.0702. The Bertz CT molecular complexity index is 365. The lowest BCUT2D eigenvalue weighted by atomic mass is 9.85. The second-order valence-electron chi connectivity index (χ2n) is 5.30. The molecular weight excluding hydrogens is 262 g/mol. The number of nitrogens with one attached hydrogen (secondary N) is 2. The van der Waals surface area contributed by atoms with Crippen molar-refractivity contribution in [2.24, 2.45) is 11.7 Å². The van der Waals surface area contributed by atoms with Crippen molar-refractivity contribution in [1.82, 2.24) is 10.6 Å². The molecule has 0 heterocycles. The molecule has 1 aliphatic carbocycles. The van der Waals surface area contributed by atoms with Crippen LogP contribution in [0.15, 0.2) is 0 Å². The number of carbonyl (C=O) groups excluding carboxylic acids is 2. The van der Waals surface area contributed by atoms with Gasteiger partial charge in [-0.25, -0.2) is 9.59 Å². The average molecular weight is 285 g/mol. The van der Waals surface area contributed by atoms with E-state index in [4.69, 9.17) is 10.8 Å². The number of rotatable bonds is 6. The number of hydrogen-bond acceptors (Lipinski definition) is 3. The number of aliphatic carboxylic acids is 1. The fourth-order valence-electron chi connectivity index (χ4n) is 2.50. The molecule has 0 radical (unpaired) electrons. The quantitative estimate of drug-likeness (QED) is 0.570. The highest BCUT2D eigenvalue weighted by Crippen LogP contribution is 2.26. The van der Waals surface area contributed by atoms with Gasteiger partial charge in [-0.1, -0.05) is 13.3 Å². The molecule has 7 nitrogen and oxygen atoms in total. The van der Waals surface area contributed by atoms with Gasteiger partial charge in [0.05, 0.1) is 6.42 Å². The SMILES string of the molecule is CCC1CCC(NC(=O)N[C@@H](CC(N)=O)C(=O)O)CC1. The van der Waals surface area contributed by atoms with Crippen LogP contribution in [-0.4, -0.2) is 35.1 Å². The van der Waals surface area contributed by atoms with E-state index in [1.807, 2.05) is 0 Å².